The minimum atomic E-state index is -4.48. The van der Waals surface area contributed by atoms with Crippen molar-refractivity contribution >= 4 is 24.0 Å². The Labute approximate surface area is 112 Å². The Morgan fingerprint density at radius 3 is 2.42 bits per heavy atom. The highest BCUT2D eigenvalue weighted by atomic mass is 32.1. The maximum absolute atomic E-state index is 12.5. The lowest BCUT2D eigenvalue weighted by molar-refractivity contribution is -0.137. The van der Waals surface area contributed by atoms with E-state index in [1.807, 2.05) is 0 Å². The summed E-state index contributed by atoms with van der Waals surface area (Å²) in [4.78, 5) is 0. The number of nitriles is 2. The van der Waals surface area contributed by atoms with Gasteiger partial charge in [-0.2, -0.15) is 41.4 Å². The first kappa shape index (κ1) is 14.9. The molecule has 0 heterocycles. The summed E-state index contributed by atoms with van der Waals surface area (Å²) in [6, 6.07) is 6.01. The van der Waals surface area contributed by atoms with Crippen LogP contribution in [0.2, 0.25) is 0 Å². The molecule has 0 bridgehead atoms. The lowest BCUT2D eigenvalue weighted by atomic mass is 10.1. The average molecular weight is 284 g/mol. The van der Waals surface area contributed by atoms with Gasteiger partial charge in [-0.25, -0.2) is 0 Å². The van der Waals surface area contributed by atoms with Gasteiger partial charge in [-0.05, 0) is 17.7 Å². The number of hydrazone groups is 1. The number of alkyl halides is 3. The zero-order chi connectivity index (χ0) is 14.5. The third kappa shape index (κ3) is 3.90. The van der Waals surface area contributed by atoms with Gasteiger partial charge in [0.15, 0.2) is 0 Å². The number of halogens is 3. The van der Waals surface area contributed by atoms with Gasteiger partial charge in [-0.15, -0.1) is 0 Å². The fraction of sp³-hybridized carbons (Fsp3) is 0.182. The molecule has 0 aromatic heterocycles. The standard InChI is InChI=1S/C11H7F3N4S/c12-11(13,14)8-2-1-7(6-19)10(3-8)18-17-9(4-15)5-16/h1-3,18-19H,6H2. The molecule has 19 heavy (non-hydrogen) atoms. The molecule has 0 unspecified atom stereocenters. The number of hydrogen-bond acceptors (Lipinski definition) is 5. The van der Waals surface area contributed by atoms with Crippen molar-refractivity contribution in [1.29, 1.82) is 10.5 Å². The summed E-state index contributed by atoms with van der Waals surface area (Å²) < 4.78 is 37.6. The van der Waals surface area contributed by atoms with Gasteiger partial charge >= 0.3 is 6.18 Å². The zero-order valence-electron chi connectivity index (χ0n) is 9.36. The van der Waals surface area contributed by atoms with E-state index in [4.69, 9.17) is 10.5 Å². The van der Waals surface area contributed by atoms with Crippen LogP contribution in [0.25, 0.3) is 0 Å². The van der Waals surface area contributed by atoms with Crippen molar-refractivity contribution in [2.75, 3.05) is 5.43 Å². The summed E-state index contributed by atoms with van der Waals surface area (Å²) in [7, 11) is 0. The van der Waals surface area contributed by atoms with Crippen LogP contribution in [0.3, 0.4) is 0 Å². The first-order chi connectivity index (χ1) is 8.92. The number of nitrogens with zero attached hydrogens (tertiary/aromatic N) is 3. The molecule has 0 spiro atoms. The monoisotopic (exact) mass is 284 g/mol. The first-order valence-corrected chi connectivity index (χ1v) is 5.50. The molecule has 1 aromatic carbocycles. The van der Waals surface area contributed by atoms with E-state index in [2.05, 4.69) is 23.2 Å². The molecule has 0 fully saturated rings. The average Bonchev–Trinajstić information content (AvgIpc) is 2.38. The first-order valence-electron chi connectivity index (χ1n) is 4.87. The molecule has 0 aliphatic rings. The highest BCUT2D eigenvalue weighted by Gasteiger charge is 2.30. The van der Waals surface area contributed by atoms with Gasteiger partial charge in [0.25, 0.3) is 0 Å². The fourth-order valence-electron chi connectivity index (χ4n) is 1.19. The Morgan fingerprint density at radius 2 is 1.95 bits per heavy atom. The maximum atomic E-state index is 12.5. The van der Waals surface area contributed by atoms with Crippen molar-refractivity contribution in [3.63, 3.8) is 0 Å². The van der Waals surface area contributed by atoms with Crippen LogP contribution in [0.1, 0.15) is 11.1 Å². The second-order valence-corrected chi connectivity index (χ2v) is 3.64. The largest absolute Gasteiger partial charge is 0.416 e. The van der Waals surface area contributed by atoms with Crippen molar-refractivity contribution < 1.29 is 13.2 Å². The Kier molecular flexibility index (Phi) is 4.79. The van der Waals surface area contributed by atoms with Crippen molar-refractivity contribution in [3.8, 4) is 12.1 Å². The lowest BCUT2D eigenvalue weighted by Crippen LogP contribution is -2.07. The normalized spacial score (nSPS) is 10.2. The highest BCUT2D eigenvalue weighted by Crippen LogP contribution is 2.32. The van der Waals surface area contributed by atoms with Crippen molar-refractivity contribution in [2.24, 2.45) is 5.10 Å². The molecule has 0 atom stereocenters. The summed E-state index contributed by atoms with van der Waals surface area (Å²) >= 11 is 3.98. The molecule has 0 amide bonds. The molecule has 1 N–H and O–H groups in total. The van der Waals surface area contributed by atoms with Crippen molar-refractivity contribution in [1.82, 2.24) is 0 Å². The van der Waals surface area contributed by atoms with E-state index >= 15 is 0 Å². The summed E-state index contributed by atoms with van der Waals surface area (Å²) in [5.41, 5.74) is 1.45. The molecule has 1 rings (SSSR count). The molecule has 0 aliphatic heterocycles. The van der Waals surface area contributed by atoms with Gasteiger partial charge in [0.1, 0.15) is 12.1 Å². The number of thiol groups is 1. The highest BCUT2D eigenvalue weighted by molar-refractivity contribution is 7.79. The molecule has 0 aliphatic carbocycles. The molecule has 1 aromatic rings. The second kappa shape index (κ2) is 6.12. The smallest absolute Gasteiger partial charge is 0.276 e. The lowest BCUT2D eigenvalue weighted by Gasteiger charge is -2.11. The van der Waals surface area contributed by atoms with Crippen LogP contribution >= 0.6 is 12.6 Å². The molecule has 0 radical (unpaired) electrons. The quantitative estimate of drug-likeness (QED) is 0.509. The SMILES string of the molecule is N#CC(C#N)=NNc1cc(C(F)(F)F)ccc1CS. The molecule has 98 valence electrons. The Morgan fingerprint density at radius 1 is 1.32 bits per heavy atom. The van der Waals surface area contributed by atoms with Gasteiger partial charge in [0, 0.05) is 5.75 Å². The van der Waals surface area contributed by atoms with Crippen LogP contribution in [0.4, 0.5) is 18.9 Å². The predicted octanol–water partition coefficient (Wildman–Crippen LogP) is 2.95. The second-order valence-electron chi connectivity index (χ2n) is 3.32. The topological polar surface area (TPSA) is 72.0 Å². The van der Waals surface area contributed by atoms with Crippen LogP contribution in [-0.2, 0) is 11.9 Å². The van der Waals surface area contributed by atoms with Gasteiger partial charge in [-0.1, -0.05) is 6.07 Å². The number of nitrogens with one attached hydrogen (secondary N) is 1. The predicted molar refractivity (Wildman–Crippen MR) is 66.4 cm³/mol. The number of benzene rings is 1. The Bertz CT molecular complexity index is 565. The van der Waals surface area contributed by atoms with Crippen LogP contribution in [0.5, 0.6) is 0 Å². The van der Waals surface area contributed by atoms with Crippen LogP contribution in [0, 0.1) is 22.7 Å². The third-order valence-electron chi connectivity index (χ3n) is 2.11. The van der Waals surface area contributed by atoms with Crippen molar-refractivity contribution in [3.05, 3.63) is 29.3 Å². The summed E-state index contributed by atoms with van der Waals surface area (Å²) in [5.74, 6) is 0.185. The Hall–Kier alpha value is -2.19. The number of rotatable bonds is 3. The summed E-state index contributed by atoms with van der Waals surface area (Å²) in [6.45, 7) is 0. The number of hydrogen-bond donors (Lipinski definition) is 2. The van der Waals surface area contributed by atoms with E-state index in [0.717, 1.165) is 12.1 Å². The van der Waals surface area contributed by atoms with Crippen LogP contribution < -0.4 is 5.43 Å². The van der Waals surface area contributed by atoms with Gasteiger partial charge in [0.05, 0.1) is 11.3 Å². The Balaban J connectivity index is 3.15. The van der Waals surface area contributed by atoms with E-state index in [1.54, 1.807) is 0 Å². The van der Waals surface area contributed by atoms with Gasteiger partial charge < -0.3 is 0 Å². The van der Waals surface area contributed by atoms with E-state index in [9.17, 15) is 13.2 Å². The maximum Gasteiger partial charge on any atom is 0.416 e. The zero-order valence-corrected chi connectivity index (χ0v) is 10.3. The molecular formula is C11H7F3N4S. The summed E-state index contributed by atoms with van der Waals surface area (Å²) in [6.07, 6.45) is -4.48. The molecule has 0 saturated heterocycles. The molecular weight excluding hydrogens is 277 g/mol. The van der Waals surface area contributed by atoms with E-state index in [0.29, 0.717) is 5.56 Å². The minimum absolute atomic E-state index is 0.0489. The van der Waals surface area contributed by atoms with Crippen LogP contribution in [-0.4, -0.2) is 5.71 Å². The van der Waals surface area contributed by atoms with E-state index < -0.39 is 17.5 Å². The molecule has 0 saturated carbocycles. The fourth-order valence-corrected chi connectivity index (χ4v) is 1.46. The van der Waals surface area contributed by atoms with E-state index in [1.165, 1.54) is 18.2 Å². The minimum Gasteiger partial charge on any atom is -0.276 e. The number of anilines is 1. The van der Waals surface area contributed by atoms with Crippen molar-refractivity contribution in [2.45, 2.75) is 11.9 Å². The van der Waals surface area contributed by atoms with Gasteiger partial charge in [0.2, 0.25) is 5.71 Å². The molecule has 8 heteroatoms. The third-order valence-corrected chi connectivity index (χ3v) is 2.45. The van der Waals surface area contributed by atoms with Gasteiger partial charge in [-0.3, -0.25) is 5.43 Å². The van der Waals surface area contributed by atoms with E-state index in [-0.39, 0.29) is 11.4 Å². The summed E-state index contributed by atoms with van der Waals surface area (Å²) in [5, 5.41) is 20.4. The van der Waals surface area contributed by atoms with Crippen LogP contribution in [0.15, 0.2) is 23.3 Å². The molecule has 4 nitrogen and oxygen atoms in total.